The predicted molar refractivity (Wildman–Crippen MR) is 38.5 cm³/mol. The highest BCUT2D eigenvalue weighted by Crippen LogP contribution is 2.20. The highest BCUT2D eigenvalue weighted by molar-refractivity contribution is 5.85. The minimum Gasteiger partial charge on any atom is -0.388 e. The molecule has 3 N–H and O–H groups in total. The zero-order valence-electron chi connectivity index (χ0n) is 6.73. The molecule has 0 aliphatic carbocycles. The first-order valence-corrected chi connectivity index (χ1v) is 3.66. The molecule has 0 radical (unpaired) electrons. The summed E-state index contributed by atoms with van der Waals surface area (Å²) in [4.78, 5) is 10.9. The second-order valence-corrected chi connectivity index (χ2v) is 3.01. The lowest BCUT2D eigenvalue weighted by Gasteiger charge is -2.37. The number of ether oxygens (including phenoxy) is 1. The zero-order valence-corrected chi connectivity index (χ0v) is 6.73. The molecular weight excluding hydrogens is 164 g/mol. The fourth-order valence-electron chi connectivity index (χ4n) is 1.14. The number of hydrogen-bond acceptors (Lipinski definition) is 5. The number of aliphatic hydroxyl groups excluding tert-OH is 2. The van der Waals surface area contributed by atoms with Crippen molar-refractivity contribution in [2.24, 2.45) is 0 Å². The van der Waals surface area contributed by atoms with E-state index in [1.165, 1.54) is 0 Å². The van der Waals surface area contributed by atoms with E-state index in [9.17, 15) is 15.0 Å². The van der Waals surface area contributed by atoms with Crippen LogP contribution in [0.2, 0.25) is 0 Å². The van der Waals surface area contributed by atoms with Gasteiger partial charge in [0.05, 0.1) is 13.2 Å². The van der Waals surface area contributed by atoms with E-state index in [2.05, 4.69) is 0 Å². The van der Waals surface area contributed by atoms with Crippen LogP contribution in [0.25, 0.3) is 0 Å². The van der Waals surface area contributed by atoms with Crippen LogP contribution in [-0.2, 0) is 9.53 Å². The number of aliphatic hydroxyl groups is 3. The maximum Gasteiger partial charge on any atom is 0.174 e. The minimum absolute atomic E-state index is 0.0588. The summed E-state index contributed by atoms with van der Waals surface area (Å²) in [5, 5.41) is 27.8. The number of carbonyl (C=O) groups is 1. The van der Waals surface area contributed by atoms with Crippen molar-refractivity contribution < 1.29 is 24.9 Å². The minimum atomic E-state index is -1.95. The van der Waals surface area contributed by atoms with E-state index in [-0.39, 0.29) is 13.2 Å². The van der Waals surface area contributed by atoms with Crippen molar-refractivity contribution in [1.82, 2.24) is 0 Å². The Balaban J connectivity index is 2.81. The van der Waals surface area contributed by atoms with Crippen molar-refractivity contribution in [1.29, 1.82) is 0 Å². The standard InChI is InChI=1S/C7H12O5/c1-4(8)7(11)3-12-2-5(9)6(7)10/h5-6,9-11H,2-3H2,1H3/t5-,6+,7-/m1/s1. The molecule has 0 saturated carbocycles. The molecule has 0 spiro atoms. The van der Waals surface area contributed by atoms with Gasteiger partial charge in [0, 0.05) is 0 Å². The van der Waals surface area contributed by atoms with Gasteiger partial charge in [-0.1, -0.05) is 0 Å². The quantitative estimate of drug-likeness (QED) is 0.432. The van der Waals surface area contributed by atoms with Gasteiger partial charge >= 0.3 is 0 Å². The van der Waals surface area contributed by atoms with Crippen LogP contribution in [0.15, 0.2) is 0 Å². The van der Waals surface area contributed by atoms with Crippen molar-refractivity contribution in [3.8, 4) is 0 Å². The summed E-state index contributed by atoms with van der Waals surface area (Å²) in [5.41, 5.74) is -1.95. The molecule has 0 bridgehead atoms. The number of rotatable bonds is 1. The number of ketones is 1. The second-order valence-electron chi connectivity index (χ2n) is 3.01. The fraction of sp³-hybridized carbons (Fsp3) is 0.857. The third-order valence-electron chi connectivity index (χ3n) is 2.07. The first kappa shape index (κ1) is 9.60. The van der Waals surface area contributed by atoms with Gasteiger partial charge in [0.1, 0.15) is 12.2 Å². The summed E-state index contributed by atoms with van der Waals surface area (Å²) in [7, 11) is 0. The van der Waals surface area contributed by atoms with E-state index in [4.69, 9.17) is 9.84 Å². The van der Waals surface area contributed by atoms with Crippen LogP contribution in [0.5, 0.6) is 0 Å². The first-order chi connectivity index (χ1) is 5.48. The lowest BCUT2D eigenvalue weighted by Crippen LogP contribution is -2.61. The fourth-order valence-corrected chi connectivity index (χ4v) is 1.14. The Morgan fingerprint density at radius 3 is 2.58 bits per heavy atom. The van der Waals surface area contributed by atoms with Crippen LogP contribution in [0, 0.1) is 0 Å². The number of hydrogen-bond donors (Lipinski definition) is 3. The van der Waals surface area contributed by atoms with Gasteiger partial charge in [-0.05, 0) is 6.92 Å². The molecule has 1 rings (SSSR count). The largest absolute Gasteiger partial charge is 0.388 e. The predicted octanol–water partition coefficient (Wildman–Crippen LogP) is -1.94. The normalized spacial score (nSPS) is 42.7. The zero-order chi connectivity index (χ0) is 9.35. The van der Waals surface area contributed by atoms with Crippen molar-refractivity contribution in [3.05, 3.63) is 0 Å². The molecule has 0 aromatic rings. The van der Waals surface area contributed by atoms with Gasteiger partial charge in [0.2, 0.25) is 0 Å². The molecule has 5 heteroatoms. The molecule has 0 aromatic carbocycles. The molecule has 1 heterocycles. The van der Waals surface area contributed by atoms with Crippen LogP contribution < -0.4 is 0 Å². The number of carbonyl (C=O) groups excluding carboxylic acids is 1. The van der Waals surface area contributed by atoms with Gasteiger partial charge in [-0.3, -0.25) is 4.79 Å². The Labute approximate surface area is 69.6 Å². The third kappa shape index (κ3) is 1.36. The molecule has 0 aromatic heterocycles. The molecule has 0 amide bonds. The Hall–Kier alpha value is -0.490. The SMILES string of the molecule is CC(=O)[C@]1(O)COC[C@@H](O)[C@@H]1O. The maximum atomic E-state index is 10.9. The van der Waals surface area contributed by atoms with Gasteiger partial charge in [0.15, 0.2) is 11.4 Å². The average Bonchev–Trinajstić information content (AvgIpc) is 2.00. The van der Waals surface area contributed by atoms with Crippen LogP contribution in [0.3, 0.4) is 0 Å². The van der Waals surface area contributed by atoms with Crippen LogP contribution in [-0.4, -0.2) is 52.1 Å². The van der Waals surface area contributed by atoms with Gasteiger partial charge in [-0.25, -0.2) is 0 Å². The Bertz CT molecular complexity index is 192. The highest BCUT2D eigenvalue weighted by Gasteiger charge is 2.47. The van der Waals surface area contributed by atoms with Gasteiger partial charge in [0.25, 0.3) is 0 Å². The molecule has 1 saturated heterocycles. The topological polar surface area (TPSA) is 87.0 Å². The molecular formula is C7H12O5. The van der Waals surface area contributed by atoms with Gasteiger partial charge in [-0.15, -0.1) is 0 Å². The van der Waals surface area contributed by atoms with Crippen molar-refractivity contribution in [3.63, 3.8) is 0 Å². The molecule has 70 valence electrons. The maximum absolute atomic E-state index is 10.9. The van der Waals surface area contributed by atoms with Crippen LogP contribution >= 0.6 is 0 Å². The Morgan fingerprint density at radius 2 is 2.17 bits per heavy atom. The summed E-state index contributed by atoms with van der Waals surface area (Å²) in [5.74, 6) is -0.603. The highest BCUT2D eigenvalue weighted by atomic mass is 16.5. The monoisotopic (exact) mass is 176 g/mol. The van der Waals surface area contributed by atoms with Crippen molar-refractivity contribution in [2.75, 3.05) is 13.2 Å². The van der Waals surface area contributed by atoms with E-state index < -0.39 is 23.6 Å². The van der Waals surface area contributed by atoms with E-state index in [0.29, 0.717) is 0 Å². The molecule has 1 fully saturated rings. The lowest BCUT2D eigenvalue weighted by molar-refractivity contribution is -0.205. The second kappa shape index (κ2) is 3.10. The Morgan fingerprint density at radius 1 is 1.58 bits per heavy atom. The third-order valence-corrected chi connectivity index (χ3v) is 2.07. The summed E-state index contributed by atoms with van der Waals surface area (Å²) >= 11 is 0. The summed E-state index contributed by atoms with van der Waals surface area (Å²) in [6.45, 7) is 0.821. The van der Waals surface area contributed by atoms with Crippen molar-refractivity contribution >= 4 is 5.78 Å². The number of Topliss-reactive ketones (excluding diaryl/α,β-unsaturated/α-hetero) is 1. The van der Waals surface area contributed by atoms with Crippen LogP contribution in [0.4, 0.5) is 0 Å². The smallest absolute Gasteiger partial charge is 0.174 e. The molecule has 3 atom stereocenters. The Kier molecular flexibility index (Phi) is 2.48. The average molecular weight is 176 g/mol. The summed E-state index contributed by atoms with van der Waals surface area (Å²) < 4.78 is 4.75. The van der Waals surface area contributed by atoms with Crippen molar-refractivity contribution in [2.45, 2.75) is 24.7 Å². The van der Waals surface area contributed by atoms with E-state index >= 15 is 0 Å². The van der Waals surface area contributed by atoms with Crippen LogP contribution in [0.1, 0.15) is 6.92 Å². The van der Waals surface area contributed by atoms with E-state index in [0.717, 1.165) is 6.92 Å². The molecule has 1 aliphatic rings. The lowest BCUT2D eigenvalue weighted by atomic mass is 9.88. The summed E-state index contributed by atoms with van der Waals surface area (Å²) in [6.07, 6.45) is -2.66. The van der Waals surface area contributed by atoms with E-state index in [1.54, 1.807) is 0 Å². The van der Waals surface area contributed by atoms with E-state index in [1.807, 2.05) is 0 Å². The molecule has 12 heavy (non-hydrogen) atoms. The first-order valence-electron chi connectivity index (χ1n) is 3.66. The molecule has 0 unspecified atom stereocenters. The van der Waals surface area contributed by atoms with Gasteiger partial charge in [-0.2, -0.15) is 0 Å². The van der Waals surface area contributed by atoms with Gasteiger partial charge < -0.3 is 20.1 Å². The molecule has 1 aliphatic heterocycles. The summed E-state index contributed by atoms with van der Waals surface area (Å²) in [6, 6.07) is 0. The molecule has 5 nitrogen and oxygen atoms in total.